The van der Waals surface area contributed by atoms with Crippen LogP contribution in [0.1, 0.15) is 13.0 Å². The molecule has 0 saturated heterocycles. The Labute approximate surface area is 138 Å². The second-order valence-electron chi connectivity index (χ2n) is 5.29. The zero-order chi connectivity index (χ0) is 17.1. The summed E-state index contributed by atoms with van der Waals surface area (Å²) < 4.78 is 3.38. The van der Waals surface area contributed by atoms with Crippen molar-refractivity contribution in [1.29, 1.82) is 0 Å². The number of rotatable bonds is 6. The van der Waals surface area contributed by atoms with E-state index in [1.165, 1.54) is 10.9 Å². The van der Waals surface area contributed by atoms with Crippen LogP contribution in [-0.4, -0.2) is 41.9 Å². The summed E-state index contributed by atoms with van der Waals surface area (Å²) in [5.41, 5.74) is 2.07. The van der Waals surface area contributed by atoms with E-state index in [4.69, 9.17) is 0 Å². The highest BCUT2D eigenvalue weighted by molar-refractivity contribution is 5.79. The lowest BCUT2D eigenvalue weighted by atomic mass is 10.1. The fourth-order valence-corrected chi connectivity index (χ4v) is 2.69. The first-order valence-electron chi connectivity index (χ1n) is 7.64. The van der Waals surface area contributed by atoms with Crippen molar-refractivity contribution in [3.8, 4) is 22.8 Å². The molecular formula is C17H18N4O3. The monoisotopic (exact) mass is 326 g/mol. The Kier molecular flexibility index (Phi) is 4.43. The molecule has 0 saturated carbocycles. The first-order chi connectivity index (χ1) is 11.7. The van der Waals surface area contributed by atoms with Crippen molar-refractivity contribution < 1.29 is 15.0 Å². The number of carboxylic acids is 1. The van der Waals surface area contributed by atoms with Crippen molar-refractivity contribution in [3.05, 3.63) is 49.1 Å². The minimum Gasteiger partial charge on any atom is -0.480 e. The van der Waals surface area contributed by atoms with E-state index in [0.29, 0.717) is 23.8 Å². The van der Waals surface area contributed by atoms with Gasteiger partial charge in [0.2, 0.25) is 0 Å². The van der Waals surface area contributed by atoms with E-state index in [1.54, 1.807) is 6.20 Å². The molecule has 2 aromatic heterocycles. The van der Waals surface area contributed by atoms with Gasteiger partial charge < -0.3 is 19.3 Å². The smallest absolute Gasteiger partial charge is 0.329 e. The standard InChI is InChI=1S/C17H18N4O3/c1-2-20-9-8-18-16(20)15-14(12-6-4-3-5-7-12)19-11-21(15)13(10-22)17(23)24/h3-9,11,13,22H,2,10H2,1H3,(H,23,24)/t13-/m1/s1. The molecule has 2 heterocycles. The first kappa shape index (κ1) is 15.9. The van der Waals surface area contributed by atoms with Gasteiger partial charge in [-0.3, -0.25) is 0 Å². The van der Waals surface area contributed by atoms with Gasteiger partial charge in [-0.05, 0) is 6.92 Å². The third kappa shape index (κ3) is 2.69. The van der Waals surface area contributed by atoms with Crippen LogP contribution in [0, 0.1) is 0 Å². The molecule has 1 atom stereocenters. The van der Waals surface area contributed by atoms with Gasteiger partial charge in [0, 0.05) is 24.5 Å². The largest absolute Gasteiger partial charge is 0.480 e. The molecule has 7 heteroatoms. The van der Waals surface area contributed by atoms with Crippen LogP contribution in [-0.2, 0) is 11.3 Å². The number of benzene rings is 1. The summed E-state index contributed by atoms with van der Waals surface area (Å²) in [5.74, 6) is -0.501. The predicted octanol–water partition coefficient (Wildman–Crippen LogP) is 2.05. The van der Waals surface area contributed by atoms with Crippen LogP contribution in [0.5, 0.6) is 0 Å². The van der Waals surface area contributed by atoms with E-state index in [9.17, 15) is 15.0 Å². The lowest BCUT2D eigenvalue weighted by Gasteiger charge is -2.16. The maximum Gasteiger partial charge on any atom is 0.329 e. The maximum atomic E-state index is 11.5. The van der Waals surface area contributed by atoms with Crippen LogP contribution >= 0.6 is 0 Å². The number of nitrogens with zero attached hydrogens (tertiary/aromatic N) is 4. The van der Waals surface area contributed by atoms with Crippen molar-refractivity contribution in [2.24, 2.45) is 0 Å². The van der Waals surface area contributed by atoms with Gasteiger partial charge in [0.15, 0.2) is 11.9 Å². The van der Waals surface area contributed by atoms with E-state index in [-0.39, 0.29) is 0 Å². The fourth-order valence-electron chi connectivity index (χ4n) is 2.69. The molecule has 0 fully saturated rings. The molecule has 3 aromatic rings. The maximum absolute atomic E-state index is 11.5. The third-order valence-corrected chi connectivity index (χ3v) is 3.90. The minimum atomic E-state index is -1.12. The Balaban J connectivity index is 2.25. The number of imidazole rings is 2. The Morgan fingerprint density at radius 2 is 2.00 bits per heavy atom. The summed E-state index contributed by atoms with van der Waals surface area (Å²) >= 11 is 0. The summed E-state index contributed by atoms with van der Waals surface area (Å²) in [7, 11) is 0. The summed E-state index contributed by atoms with van der Waals surface area (Å²) in [6, 6.07) is 8.39. The zero-order valence-corrected chi connectivity index (χ0v) is 13.2. The highest BCUT2D eigenvalue weighted by Crippen LogP contribution is 2.32. The molecule has 3 rings (SSSR count). The molecule has 24 heavy (non-hydrogen) atoms. The molecule has 0 aliphatic heterocycles. The van der Waals surface area contributed by atoms with Crippen molar-refractivity contribution in [2.45, 2.75) is 19.5 Å². The molecule has 0 spiro atoms. The van der Waals surface area contributed by atoms with Gasteiger partial charge >= 0.3 is 5.97 Å². The van der Waals surface area contributed by atoms with Gasteiger partial charge in [0.25, 0.3) is 0 Å². The SMILES string of the molecule is CCn1ccnc1-c1c(-c2ccccc2)ncn1[C@H](CO)C(=O)O. The van der Waals surface area contributed by atoms with Gasteiger partial charge in [0.1, 0.15) is 5.69 Å². The summed E-state index contributed by atoms with van der Waals surface area (Å²) in [6.45, 7) is 2.14. The molecule has 2 N–H and O–H groups in total. The second kappa shape index (κ2) is 6.67. The molecule has 0 bridgehead atoms. The van der Waals surface area contributed by atoms with E-state index in [1.807, 2.05) is 48.0 Å². The number of aryl methyl sites for hydroxylation is 1. The number of aliphatic hydroxyl groups excluding tert-OH is 1. The molecule has 0 amide bonds. The summed E-state index contributed by atoms with van der Waals surface area (Å²) in [6.07, 6.45) is 4.94. The Morgan fingerprint density at radius 3 is 2.62 bits per heavy atom. The van der Waals surface area contributed by atoms with Crippen LogP contribution in [0.15, 0.2) is 49.1 Å². The number of aliphatic carboxylic acids is 1. The molecule has 1 aromatic carbocycles. The normalized spacial score (nSPS) is 12.2. The van der Waals surface area contributed by atoms with Crippen molar-refractivity contribution >= 4 is 5.97 Å². The molecule has 0 aliphatic carbocycles. The molecule has 0 unspecified atom stereocenters. The van der Waals surface area contributed by atoms with Crippen LogP contribution in [0.4, 0.5) is 0 Å². The number of aliphatic hydroxyl groups is 1. The van der Waals surface area contributed by atoms with Gasteiger partial charge in [0.05, 0.1) is 18.6 Å². The molecule has 0 aliphatic rings. The van der Waals surface area contributed by atoms with Gasteiger partial charge in [-0.1, -0.05) is 30.3 Å². The number of carbonyl (C=O) groups is 1. The fraction of sp³-hybridized carbons (Fsp3) is 0.235. The van der Waals surface area contributed by atoms with E-state index in [2.05, 4.69) is 9.97 Å². The zero-order valence-electron chi connectivity index (χ0n) is 13.2. The van der Waals surface area contributed by atoms with Crippen LogP contribution < -0.4 is 0 Å². The van der Waals surface area contributed by atoms with Crippen molar-refractivity contribution in [1.82, 2.24) is 19.1 Å². The van der Waals surface area contributed by atoms with Gasteiger partial charge in [-0.25, -0.2) is 14.8 Å². The van der Waals surface area contributed by atoms with Gasteiger partial charge in [-0.2, -0.15) is 0 Å². The Hall–Kier alpha value is -2.93. The average molecular weight is 326 g/mol. The number of aromatic nitrogens is 4. The molecule has 124 valence electrons. The van der Waals surface area contributed by atoms with Crippen LogP contribution in [0.3, 0.4) is 0 Å². The van der Waals surface area contributed by atoms with E-state index >= 15 is 0 Å². The first-order valence-corrected chi connectivity index (χ1v) is 7.64. The second-order valence-corrected chi connectivity index (χ2v) is 5.29. The van der Waals surface area contributed by atoms with Crippen molar-refractivity contribution in [3.63, 3.8) is 0 Å². The number of hydrogen-bond acceptors (Lipinski definition) is 4. The summed E-state index contributed by atoms with van der Waals surface area (Å²) in [5, 5.41) is 18.9. The van der Waals surface area contributed by atoms with Crippen LogP contribution in [0.25, 0.3) is 22.8 Å². The van der Waals surface area contributed by atoms with E-state index in [0.717, 1.165) is 5.56 Å². The molecule has 0 radical (unpaired) electrons. The topological polar surface area (TPSA) is 93.2 Å². The van der Waals surface area contributed by atoms with Gasteiger partial charge in [-0.15, -0.1) is 0 Å². The highest BCUT2D eigenvalue weighted by Gasteiger charge is 2.27. The lowest BCUT2D eigenvalue weighted by molar-refractivity contribution is -0.142. The number of carboxylic acid groups (broad SMARTS) is 1. The minimum absolute atomic E-state index is 0.528. The molecule has 7 nitrogen and oxygen atoms in total. The number of hydrogen-bond donors (Lipinski definition) is 2. The predicted molar refractivity (Wildman–Crippen MR) is 88.3 cm³/mol. The Bertz CT molecular complexity index is 839. The van der Waals surface area contributed by atoms with Crippen molar-refractivity contribution in [2.75, 3.05) is 6.61 Å². The summed E-state index contributed by atoms with van der Waals surface area (Å²) in [4.78, 5) is 20.3. The highest BCUT2D eigenvalue weighted by atomic mass is 16.4. The Morgan fingerprint density at radius 1 is 1.25 bits per heavy atom. The third-order valence-electron chi connectivity index (χ3n) is 3.90. The average Bonchev–Trinajstić information content (AvgIpc) is 3.22. The molecular weight excluding hydrogens is 308 g/mol. The quantitative estimate of drug-likeness (QED) is 0.723. The van der Waals surface area contributed by atoms with E-state index < -0.39 is 18.6 Å². The van der Waals surface area contributed by atoms with Crippen LogP contribution in [0.2, 0.25) is 0 Å². The lowest BCUT2D eigenvalue weighted by Crippen LogP contribution is -2.23.